The Morgan fingerprint density at radius 3 is 2.60 bits per heavy atom. The van der Waals surface area contributed by atoms with Crippen LogP contribution in [-0.2, 0) is 22.0 Å². The van der Waals surface area contributed by atoms with Gasteiger partial charge in [-0.2, -0.15) is 0 Å². The lowest BCUT2D eigenvalue weighted by molar-refractivity contribution is -0.151. The molecule has 0 N–H and O–H groups in total. The van der Waals surface area contributed by atoms with E-state index in [1.54, 1.807) is 12.4 Å². The predicted molar refractivity (Wildman–Crippen MR) is 77.4 cm³/mol. The Morgan fingerprint density at radius 2 is 2.05 bits per heavy atom. The molecule has 0 unspecified atom stereocenters. The zero-order valence-corrected chi connectivity index (χ0v) is 12.5. The van der Waals surface area contributed by atoms with Crippen molar-refractivity contribution in [3.05, 3.63) is 24.3 Å². The molecule has 2 rings (SSSR count). The van der Waals surface area contributed by atoms with Gasteiger partial charge in [-0.05, 0) is 25.8 Å². The summed E-state index contributed by atoms with van der Waals surface area (Å²) in [6.07, 6.45) is 4.78. The average Bonchev–Trinajstić information content (AvgIpc) is 2.80. The fraction of sp³-hybridized carbons (Fsp3) is 0.533. The number of esters is 1. The van der Waals surface area contributed by atoms with Crippen molar-refractivity contribution < 1.29 is 9.53 Å². The number of hydrogen-bond acceptors (Lipinski definition) is 4. The van der Waals surface area contributed by atoms with E-state index in [1.165, 1.54) is 0 Å². The van der Waals surface area contributed by atoms with Crippen molar-refractivity contribution in [2.45, 2.75) is 39.0 Å². The van der Waals surface area contributed by atoms with Crippen molar-refractivity contribution in [3.63, 3.8) is 0 Å². The van der Waals surface area contributed by atoms with Gasteiger partial charge in [0.05, 0.1) is 18.3 Å². The molecule has 0 aliphatic rings. The Balaban J connectivity index is 2.63. The highest BCUT2D eigenvalue weighted by Crippen LogP contribution is 2.34. The molecule has 0 saturated carbocycles. The van der Waals surface area contributed by atoms with Crippen molar-refractivity contribution >= 4 is 17.0 Å². The first-order chi connectivity index (χ1) is 9.60. The number of carbonyl (C=O) groups is 1. The van der Waals surface area contributed by atoms with Crippen molar-refractivity contribution in [1.29, 1.82) is 0 Å². The molecule has 2 aromatic rings. The molecule has 5 nitrogen and oxygen atoms in total. The summed E-state index contributed by atoms with van der Waals surface area (Å²) in [5.41, 5.74) is 1.09. The van der Waals surface area contributed by atoms with E-state index in [-0.39, 0.29) is 5.97 Å². The molecule has 20 heavy (non-hydrogen) atoms. The van der Waals surface area contributed by atoms with E-state index < -0.39 is 5.41 Å². The molecule has 0 radical (unpaired) electrons. The smallest absolute Gasteiger partial charge is 0.319 e. The lowest BCUT2D eigenvalue weighted by Gasteiger charge is -2.28. The van der Waals surface area contributed by atoms with Crippen molar-refractivity contribution in [2.24, 2.45) is 7.05 Å². The largest absolute Gasteiger partial charge is 0.465 e. The van der Waals surface area contributed by atoms with Crippen molar-refractivity contribution in [1.82, 2.24) is 14.5 Å². The monoisotopic (exact) mass is 275 g/mol. The van der Waals surface area contributed by atoms with Gasteiger partial charge in [0.25, 0.3) is 0 Å². The van der Waals surface area contributed by atoms with E-state index in [0.717, 1.165) is 16.9 Å². The zero-order valence-electron chi connectivity index (χ0n) is 12.5. The van der Waals surface area contributed by atoms with Crippen LogP contribution in [0.25, 0.3) is 11.0 Å². The van der Waals surface area contributed by atoms with Crippen molar-refractivity contribution in [2.75, 3.05) is 6.61 Å². The second-order valence-electron chi connectivity index (χ2n) is 4.87. The van der Waals surface area contributed by atoms with Gasteiger partial charge in [0.15, 0.2) is 0 Å². The number of aromatic nitrogens is 3. The number of rotatable bonds is 5. The summed E-state index contributed by atoms with van der Waals surface area (Å²) in [6, 6.07) is 1.91. The van der Waals surface area contributed by atoms with Gasteiger partial charge in [-0.3, -0.25) is 9.78 Å². The standard InChI is InChI=1S/C15H21N3O2/c1-5-15(6-2,14(19)20-7-3)13-17-11-10-16-9-8-12(11)18(13)4/h8-10H,5-7H2,1-4H3. The first-order valence-corrected chi connectivity index (χ1v) is 7.04. The number of fused-ring (bicyclic) bond motifs is 1. The first kappa shape index (κ1) is 14.5. The fourth-order valence-corrected chi connectivity index (χ4v) is 2.70. The van der Waals surface area contributed by atoms with Crippen LogP contribution in [0.5, 0.6) is 0 Å². The Bertz CT molecular complexity index is 615. The van der Waals surface area contributed by atoms with E-state index in [9.17, 15) is 4.79 Å². The van der Waals surface area contributed by atoms with Gasteiger partial charge in [-0.15, -0.1) is 0 Å². The van der Waals surface area contributed by atoms with Crippen LogP contribution in [0.3, 0.4) is 0 Å². The van der Waals surface area contributed by atoms with Gasteiger partial charge in [0.1, 0.15) is 16.8 Å². The number of pyridine rings is 1. The SMILES string of the molecule is CCOC(=O)C(CC)(CC)c1nc2cnccc2n1C. The molecule has 0 atom stereocenters. The maximum Gasteiger partial charge on any atom is 0.319 e. The number of carbonyl (C=O) groups excluding carboxylic acids is 1. The molecule has 0 fully saturated rings. The van der Waals surface area contributed by atoms with E-state index in [1.807, 2.05) is 38.5 Å². The van der Waals surface area contributed by atoms with Crippen LogP contribution in [0, 0.1) is 0 Å². The van der Waals surface area contributed by atoms with Crippen LogP contribution in [0.1, 0.15) is 39.4 Å². The summed E-state index contributed by atoms with van der Waals surface area (Å²) in [6.45, 7) is 6.20. The third-order valence-corrected chi connectivity index (χ3v) is 3.98. The highest BCUT2D eigenvalue weighted by Gasteiger charge is 2.42. The summed E-state index contributed by atoms with van der Waals surface area (Å²) in [5, 5.41) is 0. The Kier molecular flexibility index (Phi) is 4.06. The molecule has 108 valence electrons. The number of hydrogen-bond donors (Lipinski definition) is 0. The lowest BCUT2D eigenvalue weighted by Crippen LogP contribution is -2.38. The molecule has 0 aliphatic carbocycles. The third-order valence-electron chi connectivity index (χ3n) is 3.98. The van der Waals surface area contributed by atoms with Gasteiger partial charge in [-0.1, -0.05) is 13.8 Å². The zero-order chi connectivity index (χ0) is 14.8. The van der Waals surface area contributed by atoms with Gasteiger partial charge in [0.2, 0.25) is 0 Å². The minimum atomic E-state index is -0.691. The maximum atomic E-state index is 12.5. The van der Waals surface area contributed by atoms with Gasteiger partial charge >= 0.3 is 5.97 Å². The molecular formula is C15H21N3O2. The fourth-order valence-electron chi connectivity index (χ4n) is 2.70. The predicted octanol–water partition coefficient (Wildman–Crippen LogP) is 2.59. The molecule has 5 heteroatoms. The number of ether oxygens (including phenoxy) is 1. The molecule has 2 aromatic heterocycles. The second-order valence-corrected chi connectivity index (χ2v) is 4.87. The van der Waals surface area contributed by atoms with Crippen LogP contribution in [0.4, 0.5) is 0 Å². The van der Waals surface area contributed by atoms with E-state index in [0.29, 0.717) is 19.4 Å². The summed E-state index contributed by atoms with van der Waals surface area (Å²) < 4.78 is 7.26. The van der Waals surface area contributed by atoms with Crippen LogP contribution in [0.2, 0.25) is 0 Å². The topological polar surface area (TPSA) is 57.0 Å². The summed E-state index contributed by atoms with van der Waals surface area (Å²) in [4.78, 5) is 21.2. The third kappa shape index (κ3) is 2.07. The molecule has 0 amide bonds. The average molecular weight is 275 g/mol. The maximum absolute atomic E-state index is 12.5. The quantitative estimate of drug-likeness (QED) is 0.787. The van der Waals surface area contributed by atoms with Crippen LogP contribution >= 0.6 is 0 Å². The second kappa shape index (κ2) is 5.61. The van der Waals surface area contributed by atoms with Crippen LogP contribution in [0.15, 0.2) is 18.5 Å². The molecular weight excluding hydrogens is 254 g/mol. The number of nitrogens with zero attached hydrogens (tertiary/aromatic N) is 3. The van der Waals surface area contributed by atoms with Crippen LogP contribution < -0.4 is 0 Å². The van der Waals surface area contributed by atoms with Gasteiger partial charge in [-0.25, -0.2) is 4.98 Å². The van der Waals surface area contributed by atoms with Gasteiger partial charge in [0, 0.05) is 13.2 Å². The summed E-state index contributed by atoms with van der Waals surface area (Å²) >= 11 is 0. The van der Waals surface area contributed by atoms with E-state index in [4.69, 9.17) is 4.74 Å². The highest BCUT2D eigenvalue weighted by atomic mass is 16.5. The minimum Gasteiger partial charge on any atom is -0.465 e. The molecule has 0 saturated heterocycles. The highest BCUT2D eigenvalue weighted by molar-refractivity contribution is 5.84. The molecule has 2 heterocycles. The molecule has 0 aromatic carbocycles. The van der Waals surface area contributed by atoms with Crippen LogP contribution in [-0.4, -0.2) is 27.1 Å². The Morgan fingerprint density at radius 1 is 1.35 bits per heavy atom. The number of imidazole rings is 1. The van der Waals surface area contributed by atoms with E-state index >= 15 is 0 Å². The molecule has 0 spiro atoms. The van der Waals surface area contributed by atoms with E-state index in [2.05, 4.69) is 9.97 Å². The van der Waals surface area contributed by atoms with Gasteiger partial charge < -0.3 is 9.30 Å². The Labute approximate surface area is 119 Å². The molecule has 0 aliphatic heterocycles. The summed E-state index contributed by atoms with van der Waals surface area (Å²) in [5.74, 6) is 0.556. The first-order valence-electron chi connectivity index (χ1n) is 7.04. The molecule has 0 bridgehead atoms. The normalized spacial score (nSPS) is 11.8. The lowest BCUT2D eigenvalue weighted by atomic mass is 9.81. The Hall–Kier alpha value is -1.91. The summed E-state index contributed by atoms with van der Waals surface area (Å²) in [7, 11) is 1.93. The number of aryl methyl sites for hydroxylation is 1. The van der Waals surface area contributed by atoms with Crippen molar-refractivity contribution in [3.8, 4) is 0 Å². The minimum absolute atomic E-state index is 0.198.